The molecule has 0 aromatic heterocycles. The van der Waals surface area contributed by atoms with Gasteiger partial charge in [0.2, 0.25) is 0 Å². The molecular formula is C16H25NO2S. The number of hydrogen-bond acceptors (Lipinski definition) is 3. The van der Waals surface area contributed by atoms with Crippen LogP contribution in [0, 0.1) is 5.92 Å². The lowest BCUT2D eigenvalue weighted by atomic mass is 9.95. The van der Waals surface area contributed by atoms with Crippen LogP contribution in [-0.4, -0.2) is 32.5 Å². The van der Waals surface area contributed by atoms with Crippen molar-refractivity contribution in [1.82, 2.24) is 5.32 Å². The van der Waals surface area contributed by atoms with E-state index in [9.17, 15) is 8.42 Å². The Hall–Kier alpha value is -0.870. The van der Waals surface area contributed by atoms with Crippen molar-refractivity contribution in [3.63, 3.8) is 0 Å². The second-order valence-electron chi connectivity index (χ2n) is 5.68. The molecule has 1 aliphatic carbocycles. The molecule has 0 saturated heterocycles. The fourth-order valence-corrected chi connectivity index (χ4v) is 3.73. The maximum atomic E-state index is 11.5. The Kier molecular flexibility index (Phi) is 5.61. The first-order valence-electron chi connectivity index (χ1n) is 7.58. The highest BCUT2D eigenvalue weighted by molar-refractivity contribution is 7.91. The Bertz CT molecular complexity index is 498. The Morgan fingerprint density at radius 1 is 1.20 bits per heavy atom. The quantitative estimate of drug-likeness (QED) is 0.840. The molecule has 1 aromatic carbocycles. The summed E-state index contributed by atoms with van der Waals surface area (Å²) >= 11 is 0. The van der Waals surface area contributed by atoms with Gasteiger partial charge in [0.15, 0.2) is 9.84 Å². The van der Waals surface area contributed by atoms with Gasteiger partial charge in [0.1, 0.15) is 0 Å². The zero-order valence-corrected chi connectivity index (χ0v) is 13.0. The van der Waals surface area contributed by atoms with Gasteiger partial charge in [-0.15, -0.1) is 0 Å². The molecule has 20 heavy (non-hydrogen) atoms. The van der Waals surface area contributed by atoms with Gasteiger partial charge in [-0.25, -0.2) is 8.42 Å². The summed E-state index contributed by atoms with van der Waals surface area (Å²) in [4.78, 5) is 0. The van der Waals surface area contributed by atoms with E-state index in [1.807, 2.05) is 6.07 Å². The van der Waals surface area contributed by atoms with E-state index < -0.39 is 9.84 Å². The first-order valence-corrected chi connectivity index (χ1v) is 9.40. The van der Waals surface area contributed by atoms with Crippen LogP contribution >= 0.6 is 0 Å². The largest absolute Gasteiger partial charge is 0.313 e. The normalized spacial score (nSPS) is 23.1. The Morgan fingerprint density at radius 3 is 2.65 bits per heavy atom. The molecule has 0 spiro atoms. The third-order valence-corrected chi connectivity index (χ3v) is 5.96. The summed E-state index contributed by atoms with van der Waals surface area (Å²) in [7, 11) is -2.85. The molecule has 0 heterocycles. The van der Waals surface area contributed by atoms with Crippen molar-refractivity contribution in [3.8, 4) is 0 Å². The average molecular weight is 295 g/mol. The lowest BCUT2D eigenvalue weighted by Crippen LogP contribution is -2.36. The Labute approximate surface area is 122 Å². The monoisotopic (exact) mass is 295 g/mol. The van der Waals surface area contributed by atoms with Gasteiger partial charge in [0.25, 0.3) is 0 Å². The van der Waals surface area contributed by atoms with E-state index in [0.717, 1.165) is 6.42 Å². The van der Waals surface area contributed by atoms with Gasteiger partial charge in [-0.3, -0.25) is 0 Å². The van der Waals surface area contributed by atoms with Gasteiger partial charge in [-0.05, 0) is 30.7 Å². The van der Waals surface area contributed by atoms with Crippen LogP contribution in [0.1, 0.15) is 31.7 Å². The fourth-order valence-electron chi connectivity index (χ4n) is 3.01. The lowest BCUT2D eigenvalue weighted by Gasteiger charge is -2.21. The van der Waals surface area contributed by atoms with E-state index in [2.05, 4.69) is 29.6 Å². The van der Waals surface area contributed by atoms with E-state index in [0.29, 0.717) is 18.5 Å². The van der Waals surface area contributed by atoms with Gasteiger partial charge >= 0.3 is 0 Å². The molecular weight excluding hydrogens is 270 g/mol. The molecule has 1 N–H and O–H groups in total. The maximum absolute atomic E-state index is 11.5. The molecule has 3 nitrogen and oxygen atoms in total. The molecule has 1 saturated carbocycles. The number of benzene rings is 1. The van der Waals surface area contributed by atoms with E-state index in [-0.39, 0.29) is 11.5 Å². The molecule has 0 amide bonds. The number of rotatable bonds is 7. The van der Waals surface area contributed by atoms with Gasteiger partial charge in [0, 0.05) is 18.3 Å². The summed E-state index contributed by atoms with van der Waals surface area (Å²) in [5.41, 5.74) is 1.38. The van der Waals surface area contributed by atoms with Crippen molar-refractivity contribution in [2.75, 3.05) is 18.1 Å². The summed E-state index contributed by atoms with van der Waals surface area (Å²) in [6, 6.07) is 11.0. The summed E-state index contributed by atoms with van der Waals surface area (Å²) in [5.74, 6) is 1.15. The third-order valence-electron chi connectivity index (χ3n) is 4.26. The molecule has 0 bridgehead atoms. The molecule has 4 heteroatoms. The Morgan fingerprint density at radius 2 is 1.95 bits per heavy atom. The van der Waals surface area contributed by atoms with Crippen LogP contribution in [-0.2, 0) is 16.3 Å². The van der Waals surface area contributed by atoms with E-state index in [4.69, 9.17) is 0 Å². The molecule has 0 aliphatic heterocycles. The van der Waals surface area contributed by atoms with E-state index >= 15 is 0 Å². The molecule has 0 radical (unpaired) electrons. The van der Waals surface area contributed by atoms with Crippen LogP contribution in [0.4, 0.5) is 0 Å². The second kappa shape index (κ2) is 7.23. The van der Waals surface area contributed by atoms with Crippen molar-refractivity contribution in [3.05, 3.63) is 35.9 Å². The van der Waals surface area contributed by atoms with E-state index in [1.165, 1.54) is 24.8 Å². The summed E-state index contributed by atoms with van der Waals surface area (Å²) < 4.78 is 23.0. The molecule has 2 unspecified atom stereocenters. The first-order chi connectivity index (χ1) is 9.61. The standard InChI is InChI=1S/C16H25NO2S/c1-2-20(18,19)12-11-17-16-10-6-9-15(16)13-14-7-4-3-5-8-14/h3-5,7-8,15-17H,2,6,9-13H2,1H3. The van der Waals surface area contributed by atoms with Crippen molar-refractivity contribution in [2.24, 2.45) is 5.92 Å². The average Bonchev–Trinajstić information content (AvgIpc) is 2.87. The third kappa shape index (κ3) is 4.60. The summed E-state index contributed by atoms with van der Waals surface area (Å²) in [6.07, 6.45) is 4.76. The second-order valence-corrected chi connectivity index (χ2v) is 8.15. The smallest absolute Gasteiger partial charge is 0.151 e. The molecule has 1 fully saturated rings. The minimum Gasteiger partial charge on any atom is -0.313 e. The highest BCUT2D eigenvalue weighted by atomic mass is 32.2. The molecule has 1 aromatic rings. The van der Waals surface area contributed by atoms with Gasteiger partial charge in [-0.1, -0.05) is 43.7 Å². The molecule has 1 aliphatic rings. The minimum absolute atomic E-state index is 0.243. The SMILES string of the molecule is CCS(=O)(=O)CCNC1CCCC1Cc1ccccc1. The fraction of sp³-hybridized carbons (Fsp3) is 0.625. The Balaban J connectivity index is 1.82. The van der Waals surface area contributed by atoms with Crippen molar-refractivity contribution < 1.29 is 8.42 Å². The highest BCUT2D eigenvalue weighted by Gasteiger charge is 2.27. The first kappa shape index (κ1) is 15.5. The van der Waals surface area contributed by atoms with Crippen molar-refractivity contribution >= 4 is 9.84 Å². The van der Waals surface area contributed by atoms with Gasteiger partial charge in [0.05, 0.1) is 5.75 Å². The van der Waals surface area contributed by atoms with Crippen LogP contribution < -0.4 is 5.32 Å². The van der Waals surface area contributed by atoms with Gasteiger partial charge < -0.3 is 5.32 Å². The van der Waals surface area contributed by atoms with Crippen LogP contribution in [0.3, 0.4) is 0 Å². The number of nitrogens with one attached hydrogen (secondary N) is 1. The topological polar surface area (TPSA) is 46.2 Å². The minimum atomic E-state index is -2.85. The predicted molar refractivity (Wildman–Crippen MR) is 83.6 cm³/mol. The van der Waals surface area contributed by atoms with Crippen LogP contribution in [0.2, 0.25) is 0 Å². The maximum Gasteiger partial charge on any atom is 0.151 e. The van der Waals surface area contributed by atoms with Crippen LogP contribution in [0.15, 0.2) is 30.3 Å². The number of sulfone groups is 1. The van der Waals surface area contributed by atoms with Crippen molar-refractivity contribution in [1.29, 1.82) is 0 Å². The highest BCUT2D eigenvalue weighted by Crippen LogP contribution is 2.28. The molecule has 2 atom stereocenters. The zero-order valence-electron chi connectivity index (χ0n) is 12.2. The predicted octanol–water partition coefficient (Wildman–Crippen LogP) is 2.42. The number of hydrogen-bond donors (Lipinski definition) is 1. The summed E-state index contributed by atoms with van der Waals surface area (Å²) in [6.45, 7) is 2.30. The van der Waals surface area contributed by atoms with E-state index in [1.54, 1.807) is 6.92 Å². The van der Waals surface area contributed by atoms with Crippen molar-refractivity contribution in [2.45, 2.75) is 38.6 Å². The van der Waals surface area contributed by atoms with Gasteiger partial charge in [-0.2, -0.15) is 0 Å². The summed E-state index contributed by atoms with van der Waals surface area (Å²) in [5, 5.41) is 3.46. The molecule has 2 rings (SSSR count). The van der Waals surface area contributed by atoms with Crippen LogP contribution in [0.25, 0.3) is 0 Å². The molecule has 112 valence electrons. The zero-order chi connectivity index (χ0) is 14.4. The van der Waals surface area contributed by atoms with Crippen LogP contribution in [0.5, 0.6) is 0 Å². The lowest BCUT2D eigenvalue weighted by molar-refractivity contribution is 0.406.